The number of hydrogen-bond acceptors (Lipinski definition) is 10. The fourth-order valence-electron chi connectivity index (χ4n) is 2.49. The molecule has 184 valence electrons. The van der Waals surface area contributed by atoms with Gasteiger partial charge in [0.15, 0.2) is 17.9 Å². The molecule has 32 heavy (non-hydrogen) atoms. The first-order valence-corrected chi connectivity index (χ1v) is 13.8. The van der Waals surface area contributed by atoms with Gasteiger partial charge in [-0.15, -0.1) is 0 Å². The first-order valence-electron chi connectivity index (χ1n) is 7.86. The zero-order valence-corrected chi connectivity index (χ0v) is 18.9. The van der Waals surface area contributed by atoms with Gasteiger partial charge in [0.1, 0.15) is 18.9 Å². The number of rotatable bonds is 9. The van der Waals surface area contributed by atoms with Crippen LogP contribution in [0.15, 0.2) is 11.0 Å². The number of nitrogen functional groups attached to an aromatic ring is 1. The van der Waals surface area contributed by atoms with E-state index in [2.05, 4.69) is 26.7 Å². The fraction of sp³-hybridized carbons (Fsp3) is 0.600. The number of alkyl halides is 2. The Bertz CT molecular complexity index is 1070. The minimum atomic E-state index is -5.60. The third-order valence-electron chi connectivity index (χ3n) is 3.77. The number of anilines is 1. The van der Waals surface area contributed by atoms with E-state index < -0.39 is 77.6 Å². The van der Waals surface area contributed by atoms with E-state index in [-0.39, 0.29) is 4.57 Å². The maximum atomic E-state index is 15.1. The van der Waals surface area contributed by atoms with Gasteiger partial charge in [-0.25, -0.2) is 31.4 Å². The highest BCUT2D eigenvalue weighted by atomic mass is 31.8. The van der Waals surface area contributed by atoms with E-state index >= 15 is 4.39 Å². The molecule has 0 saturated carbocycles. The summed E-state index contributed by atoms with van der Waals surface area (Å²) >= 11 is 0. The number of aromatic nitrogens is 2. The molecule has 1 fully saturated rings. The van der Waals surface area contributed by atoms with Gasteiger partial charge in [0.25, 0.3) is 7.23 Å². The molecule has 1 aromatic rings. The van der Waals surface area contributed by atoms with E-state index in [4.69, 9.17) is 20.3 Å². The predicted octanol–water partition coefficient (Wildman–Crippen LogP) is -0.0437. The van der Waals surface area contributed by atoms with Crippen LogP contribution in [0.4, 0.5) is 19.0 Å². The van der Waals surface area contributed by atoms with Gasteiger partial charge in [-0.3, -0.25) is 9.09 Å². The summed E-state index contributed by atoms with van der Waals surface area (Å²) in [5.74, 6) is -2.17. The highest BCUT2D eigenvalue weighted by molar-refractivity contribution is 7.91. The van der Waals surface area contributed by atoms with Crippen LogP contribution in [-0.4, -0.2) is 65.4 Å². The number of aliphatic hydroxyl groups excluding tert-OH is 1. The fourth-order valence-corrected chi connectivity index (χ4v) is 6.52. The summed E-state index contributed by atoms with van der Waals surface area (Å²) in [5, 5.41) is 10.1. The Labute approximate surface area is 178 Å². The smallest absolute Gasteiger partial charge is 0.387 e. The van der Waals surface area contributed by atoms with E-state index in [1.165, 1.54) is 0 Å². The zero-order chi connectivity index (χ0) is 24.7. The Balaban J connectivity index is 2.21. The van der Waals surface area contributed by atoms with Crippen molar-refractivity contribution in [2.24, 2.45) is 0 Å². The molecule has 1 saturated heterocycles. The molecule has 2 heterocycles. The third-order valence-corrected chi connectivity index (χ3v) is 8.37. The summed E-state index contributed by atoms with van der Waals surface area (Å²) in [6.45, 7) is -3.28. The molecule has 1 aromatic heterocycles. The normalized spacial score (nSPS) is 30.1. The molecule has 2 rings (SSSR count). The van der Waals surface area contributed by atoms with Crippen LogP contribution in [-0.2, 0) is 27.0 Å². The molecule has 0 bridgehead atoms. The third kappa shape index (κ3) is 6.45. The van der Waals surface area contributed by atoms with Gasteiger partial charge in [-0.05, 0) is 8.53 Å². The first kappa shape index (κ1) is 27.5. The Morgan fingerprint density at radius 3 is 2.41 bits per heavy atom. The average Bonchev–Trinajstić information content (AvgIpc) is 2.85. The summed E-state index contributed by atoms with van der Waals surface area (Å²) in [4.78, 5) is 51.4. The molecule has 0 aromatic carbocycles. The van der Waals surface area contributed by atoms with Gasteiger partial charge in [0.05, 0.1) is 12.8 Å². The largest absolute Gasteiger partial charge is 0.488 e. The summed E-state index contributed by atoms with van der Waals surface area (Å²) in [6.07, 6.45) is -6.49. The minimum Gasteiger partial charge on any atom is -0.387 e. The van der Waals surface area contributed by atoms with Crippen molar-refractivity contribution >= 4 is 37.2 Å². The average molecular weight is 551 g/mol. The molecule has 0 radical (unpaired) electrons. The molecular weight excluding hydrogens is 535 g/mol. The minimum absolute atomic E-state index is 0.140. The van der Waals surface area contributed by atoms with Gasteiger partial charge in [-0.1, -0.05) is 0 Å². The molecule has 22 heteroatoms. The first-order chi connectivity index (χ1) is 14.4. The molecule has 0 spiro atoms. The van der Waals surface area contributed by atoms with E-state index in [0.29, 0.717) is 6.20 Å². The summed E-state index contributed by atoms with van der Waals surface area (Å²) in [7, 11) is -13.7. The van der Waals surface area contributed by atoms with Crippen LogP contribution >= 0.6 is 31.4 Å². The second kappa shape index (κ2) is 9.51. The monoisotopic (exact) mass is 551 g/mol. The molecule has 0 amide bonds. The lowest BCUT2D eigenvalue weighted by Crippen LogP contribution is -2.47. The van der Waals surface area contributed by atoms with E-state index in [0.717, 1.165) is 0 Å². The van der Waals surface area contributed by atoms with Gasteiger partial charge < -0.3 is 35.2 Å². The second-order valence-electron chi connectivity index (χ2n) is 6.14. The van der Waals surface area contributed by atoms with Crippen LogP contribution in [0, 0.1) is 5.82 Å². The van der Waals surface area contributed by atoms with Crippen molar-refractivity contribution < 1.29 is 64.9 Å². The van der Waals surface area contributed by atoms with Crippen LogP contribution in [0.5, 0.6) is 0 Å². The van der Waals surface area contributed by atoms with Crippen LogP contribution < -0.4 is 11.4 Å². The molecular formula is C10H16F3N3O12P4. The SMILES string of the molecule is Nc1nc(=O)n([C@@H]2O[C@H](COP(=O)(O)OP(=O)(O)OP(O)(O)=P)[C@H](O)C2(F)CF)cc1F. The molecule has 1 aliphatic rings. The number of nitrogens with zero attached hydrogens (tertiary/aromatic N) is 2. The number of aliphatic hydroxyl groups is 1. The maximum absolute atomic E-state index is 15.1. The standard InChI is InChI=1S/C10H16F3N3O12P4/c11-3-10(13)6(17)5(26-8(10)16-1-4(12)7(14)15-9(16)18)2-25-30(19,20)27-31(21,22)28-32(23,24)29/h1,5-6,8,17,23-24,29H,2-3H2,(H,19,20)(H,21,22)(H2,14,15,18)/t5-,6+,8-,10?/m1/s1. The van der Waals surface area contributed by atoms with E-state index in [1.54, 1.807) is 0 Å². The Hall–Kier alpha value is -0.700. The van der Waals surface area contributed by atoms with Crippen molar-refractivity contribution in [2.45, 2.75) is 24.1 Å². The van der Waals surface area contributed by atoms with Crippen LogP contribution in [0.1, 0.15) is 6.23 Å². The number of halogens is 3. The Kier molecular flexibility index (Phi) is 8.19. The van der Waals surface area contributed by atoms with Crippen LogP contribution in [0.25, 0.3) is 0 Å². The van der Waals surface area contributed by atoms with Gasteiger partial charge >= 0.3 is 21.3 Å². The quantitative estimate of drug-likeness (QED) is 0.221. The lowest BCUT2D eigenvalue weighted by atomic mass is 9.97. The molecule has 3 unspecified atom stereocenters. The summed E-state index contributed by atoms with van der Waals surface area (Å²) in [5.41, 5.74) is 0.307. The molecule has 1 aliphatic heterocycles. The van der Waals surface area contributed by atoms with E-state index in [1.807, 2.05) is 0 Å². The van der Waals surface area contributed by atoms with Crippen molar-refractivity contribution in [3.8, 4) is 0 Å². The van der Waals surface area contributed by atoms with E-state index in [9.17, 15) is 37.6 Å². The predicted molar refractivity (Wildman–Crippen MR) is 100 cm³/mol. The second-order valence-corrected chi connectivity index (χ2v) is 12.4. The number of ether oxygens (including phenoxy) is 1. The molecule has 0 aliphatic carbocycles. The summed E-state index contributed by atoms with van der Waals surface area (Å²) < 4.78 is 82.3. The van der Waals surface area contributed by atoms with Gasteiger partial charge in [0, 0.05) is 0 Å². The van der Waals surface area contributed by atoms with Crippen molar-refractivity contribution in [1.29, 1.82) is 0 Å². The molecule has 6 atom stereocenters. The van der Waals surface area contributed by atoms with Crippen molar-refractivity contribution in [3.05, 3.63) is 22.5 Å². The lowest BCUT2D eigenvalue weighted by molar-refractivity contribution is -0.0734. The number of nitrogens with two attached hydrogens (primary N) is 1. The van der Waals surface area contributed by atoms with Crippen molar-refractivity contribution in [2.75, 3.05) is 19.0 Å². The summed E-state index contributed by atoms with van der Waals surface area (Å²) in [6, 6.07) is 0. The highest BCUT2D eigenvalue weighted by Gasteiger charge is 2.59. The zero-order valence-electron chi connectivity index (χ0n) is 15.3. The molecule has 7 N–H and O–H groups in total. The van der Waals surface area contributed by atoms with Crippen molar-refractivity contribution in [3.63, 3.8) is 0 Å². The topological polar surface area (TPSA) is 233 Å². The van der Waals surface area contributed by atoms with Crippen molar-refractivity contribution in [1.82, 2.24) is 9.55 Å². The number of phosphoric acid groups is 2. The van der Waals surface area contributed by atoms with Crippen LogP contribution in [0.3, 0.4) is 0 Å². The van der Waals surface area contributed by atoms with Gasteiger partial charge in [-0.2, -0.15) is 9.29 Å². The highest BCUT2D eigenvalue weighted by Crippen LogP contribution is 2.67. The lowest BCUT2D eigenvalue weighted by Gasteiger charge is -2.26. The number of hydrogen-bond donors (Lipinski definition) is 6. The Morgan fingerprint density at radius 2 is 1.88 bits per heavy atom. The Morgan fingerprint density at radius 1 is 1.28 bits per heavy atom. The van der Waals surface area contributed by atoms with Crippen LogP contribution in [0.2, 0.25) is 0 Å². The van der Waals surface area contributed by atoms with Gasteiger partial charge in [0.2, 0.25) is 5.67 Å². The maximum Gasteiger partial charge on any atom is 0.488 e. The molecule has 15 nitrogen and oxygen atoms in total. The number of phosphoric ester groups is 1.